The van der Waals surface area contributed by atoms with Crippen LogP contribution in [-0.2, 0) is 14.3 Å². The summed E-state index contributed by atoms with van der Waals surface area (Å²) in [6.07, 6.45) is -6.25. The lowest BCUT2D eigenvalue weighted by Gasteiger charge is -2.40. The topological polar surface area (TPSA) is 189 Å². The fraction of sp³-hybridized carbons (Fsp3) is 0.348. The van der Waals surface area contributed by atoms with Gasteiger partial charge in [0.15, 0.2) is 34.7 Å². The summed E-state index contributed by atoms with van der Waals surface area (Å²) in [4.78, 5) is 37.0. The number of benzene rings is 2. The van der Waals surface area contributed by atoms with Crippen LogP contribution in [0.5, 0.6) is 23.0 Å². The first-order chi connectivity index (χ1) is 16.5. The van der Waals surface area contributed by atoms with Crippen LogP contribution in [-0.4, -0.2) is 81.6 Å². The molecule has 0 aromatic heterocycles. The van der Waals surface area contributed by atoms with Gasteiger partial charge in [0.25, 0.3) is 0 Å². The van der Waals surface area contributed by atoms with Crippen LogP contribution >= 0.6 is 0 Å². The summed E-state index contributed by atoms with van der Waals surface area (Å²) in [5.41, 5.74) is -2.74. The molecule has 35 heavy (non-hydrogen) atoms. The molecule has 0 spiro atoms. The van der Waals surface area contributed by atoms with Crippen molar-refractivity contribution in [1.82, 2.24) is 0 Å². The molecule has 0 aliphatic heterocycles. The number of carbonyl (C=O) groups excluding carboxylic acids is 2. The van der Waals surface area contributed by atoms with Crippen molar-refractivity contribution in [3.05, 3.63) is 47.5 Å². The van der Waals surface area contributed by atoms with Crippen molar-refractivity contribution in [2.45, 2.75) is 36.8 Å². The Hall–Kier alpha value is -4.03. The molecule has 5 N–H and O–H groups in total. The zero-order valence-corrected chi connectivity index (χ0v) is 18.7. The van der Waals surface area contributed by atoms with Crippen molar-refractivity contribution in [1.29, 1.82) is 0 Å². The minimum Gasteiger partial charge on any atom is -0.504 e. The maximum atomic E-state index is 12.7. The lowest BCUT2D eigenvalue weighted by atomic mass is 9.79. The molecule has 3 rings (SSSR count). The lowest BCUT2D eigenvalue weighted by Crippen LogP contribution is -2.58. The molecule has 1 saturated carbocycles. The van der Waals surface area contributed by atoms with E-state index in [0.717, 1.165) is 12.1 Å². The molecule has 1 aliphatic carbocycles. The van der Waals surface area contributed by atoms with Gasteiger partial charge in [0.1, 0.15) is 6.10 Å². The Bertz CT molecular complexity index is 1130. The average molecular weight is 492 g/mol. The second kappa shape index (κ2) is 10.1. The minimum absolute atomic E-state index is 0.0874. The molecular weight excluding hydrogens is 468 g/mol. The van der Waals surface area contributed by atoms with Crippen molar-refractivity contribution in [2.24, 2.45) is 0 Å². The summed E-state index contributed by atoms with van der Waals surface area (Å²) in [6.45, 7) is 0. The summed E-state index contributed by atoms with van der Waals surface area (Å²) < 4.78 is 20.4. The van der Waals surface area contributed by atoms with Gasteiger partial charge in [-0.1, -0.05) is 0 Å². The first-order valence-electron chi connectivity index (χ1n) is 10.3. The molecule has 0 unspecified atom stereocenters. The molecular formula is C23H24O12. The number of hydrogen-bond acceptors (Lipinski definition) is 11. The van der Waals surface area contributed by atoms with Crippen LogP contribution in [0.25, 0.3) is 0 Å². The Morgan fingerprint density at radius 2 is 1.34 bits per heavy atom. The molecule has 0 radical (unpaired) electrons. The highest BCUT2D eigenvalue weighted by Gasteiger charge is 2.52. The number of aliphatic hydroxyl groups excluding tert-OH is 1. The number of carboxylic acids is 1. The van der Waals surface area contributed by atoms with Gasteiger partial charge in [-0.25, -0.2) is 14.4 Å². The molecule has 0 amide bonds. The third kappa shape index (κ3) is 5.39. The van der Waals surface area contributed by atoms with E-state index in [1.54, 1.807) is 0 Å². The summed E-state index contributed by atoms with van der Waals surface area (Å²) in [5.74, 6) is -4.26. The van der Waals surface area contributed by atoms with E-state index in [9.17, 15) is 39.9 Å². The maximum Gasteiger partial charge on any atom is 0.338 e. The fourth-order valence-corrected chi connectivity index (χ4v) is 3.71. The minimum atomic E-state index is -2.46. The molecule has 12 heteroatoms. The third-order valence-electron chi connectivity index (χ3n) is 5.56. The van der Waals surface area contributed by atoms with Crippen molar-refractivity contribution in [3.63, 3.8) is 0 Å². The van der Waals surface area contributed by atoms with Crippen molar-refractivity contribution in [3.8, 4) is 23.0 Å². The number of rotatable bonds is 7. The molecule has 0 heterocycles. The van der Waals surface area contributed by atoms with E-state index in [2.05, 4.69) is 0 Å². The predicted octanol–water partition coefficient (Wildman–Crippen LogP) is 0.836. The van der Waals surface area contributed by atoms with E-state index in [-0.39, 0.29) is 34.1 Å². The van der Waals surface area contributed by atoms with Crippen molar-refractivity contribution >= 4 is 17.9 Å². The molecule has 0 bridgehead atoms. The number of aliphatic carboxylic acids is 1. The Balaban J connectivity index is 1.87. The number of aliphatic hydroxyl groups is 2. The number of carboxylic acid groups (broad SMARTS) is 1. The highest BCUT2D eigenvalue weighted by molar-refractivity contribution is 5.91. The number of hydrogen-bond donors (Lipinski definition) is 5. The van der Waals surface area contributed by atoms with Crippen LogP contribution < -0.4 is 9.47 Å². The summed E-state index contributed by atoms with van der Waals surface area (Å²) in [6, 6.07) is 7.26. The van der Waals surface area contributed by atoms with Gasteiger partial charge in [0.05, 0.1) is 31.5 Å². The summed E-state index contributed by atoms with van der Waals surface area (Å²) in [5, 5.41) is 50.2. The number of methoxy groups -OCH3 is 2. The molecule has 4 atom stereocenters. The van der Waals surface area contributed by atoms with E-state index in [1.807, 2.05) is 0 Å². The van der Waals surface area contributed by atoms with Crippen LogP contribution in [0.3, 0.4) is 0 Å². The number of esters is 2. The standard InChI is InChI=1S/C23H24O12/c1-32-16-5-3-11(7-13(16)24)20(27)34-18-10-23(31,22(29)30)9-15(26)19(18)35-21(28)12-4-6-17(33-2)14(25)8-12/h3-8,15,18-19,24-26,31H,9-10H2,1-2H3,(H,29,30)/t15-,18-,19+,23-/m1/s1. The Kier molecular flexibility index (Phi) is 7.37. The number of phenols is 2. The van der Waals surface area contributed by atoms with Gasteiger partial charge in [-0.05, 0) is 36.4 Å². The van der Waals surface area contributed by atoms with Gasteiger partial charge in [-0.3, -0.25) is 0 Å². The molecule has 0 saturated heterocycles. The Morgan fingerprint density at radius 3 is 1.77 bits per heavy atom. The zero-order valence-electron chi connectivity index (χ0n) is 18.7. The molecule has 2 aromatic carbocycles. The number of phenolic OH excluding ortho intramolecular Hbond substituents is 2. The van der Waals surface area contributed by atoms with E-state index in [0.29, 0.717) is 0 Å². The quantitative estimate of drug-likeness (QED) is 0.343. The van der Waals surface area contributed by atoms with E-state index in [1.165, 1.54) is 38.5 Å². The highest BCUT2D eigenvalue weighted by atomic mass is 16.6. The number of carbonyl (C=O) groups is 3. The Morgan fingerprint density at radius 1 is 0.857 bits per heavy atom. The summed E-state index contributed by atoms with van der Waals surface area (Å²) in [7, 11) is 2.63. The third-order valence-corrected chi connectivity index (χ3v) is 5.56. The van der Waals surface area contributed by atoms with Gasteiger partial charge in [0, 0.05) is 12.8 Å². The van der Waals surface area contributed by atoms with Gasteiger partial charge >= 0.3 is 17.9 Å². The predicted molar refractivity (Wildman–Crippen MR) is 116 cm³/mol. The van der Waals surface area contributed by atoms with Crippen LogP contribution in [0.15, 0.2) is 36.4 Å². The van der Waals surface area contributed by atoms with Gasteiger partial charge in [-0.15, -0.1) is 0 Å². The normalized spacial score (nSPS) is 23.7. The molecule has 2 aromatic rings. The molecule has 1 aliphatic rings. The second-order valence-corrected chi connectivity index (χ2v) is 7.90. The van der Waals surface area contributed by atoms with Gasteiger partial charge < -0.3 is 44.5 Å². The molecule has 12 nitrogen and oxygen atoms in total. The van der Waals surface area contributed by atoms with Crippen LogP contribution in [0.1, 0.15) is 33.6 Å². The molecule has 1 fully saturated rings. The second-order valence-electron chi connectivity index (χ2n) is 7.90. The highest BCUT2D eigenvalue weighted by Crippen LogP contribution is 2.35. The smallest absolute Gasteiger partial charge is 0.338 e. The number of aromatic hydroxyl groups is 2. The fourth-order valence-electron chi connectivity index (χ4n) is 3.71. The van der Waals surface area contributed by atoms with Gasteiger partial charge in [0.2, 0.25) is 0 Å². The van der Waals surface area contributed by atoms with E-state index >= 15 is 0 Å². The monoisotopic (exact) mass is 492 g/mol. The summed E-state index contributed by atoms with van der Waals surface area (Å²) >= 11 is 0. The Labute approximate surface area is 198 Å². The van der Waals surface area contributed by atoms with Crippen LogP contribution in [0.4, 0.5) is 0 Å². The first kappa shape index (κ1) is 25.6. The van der Waals surface area contributed by atoms with Crippen molar-refractivity contribution < 1.29 is 58.9 Å². The van der Waals surface area contributed by atoms with Crippen molar-refractivity contribution in [2.75, 3.05) is 14.2 Å². The maximum absolute atomic E-state index is 12.7. The van der Waals surface area contributed by atoms with Crippen LogP contribution in [0.2, 0.25) is 0 Å². The SMILES string of the molecule is COc1ccc(C(=O)O[C@H]2[C@H](O)C[C@](O)(C(=O)O)C[C@H]2OC(=O)c2ccc(OC)c(O)c2)cc1O. The average Bonchev–Trinajstić information content (AvgIpc) is 2.80. The lowest BCUT2D eigenvalue weighted by molar-refractivity contribution is -0.187. The molecule has 188 valence electrons. The van der Waals surface area contributed by atoms with E-state index < -0.39 is 54.7 Å². The van der Waals surface area contributed by atoms with Gasteiger partial charge in [-0.2, -0.15) is 0 Å². The number of ether oxygens (including phenoxy) is 4. The van der Waals surface area contributed by atoms with E-state index in [4.69, 9.17) is 18.9 Å². The zero-order chi connectivity index (χ0) is 25.9. The first-order valence-corrected chi connectivity index (χ1v) is 10.3. The largest absolute Gasteiger partial charge is 0.504 e. The van der Waals surface area contributed by atoms with Crippen LogP contribution in [0, 0.1) is 0 Å².